The zero-order valence-corrected chi connectivity index (χ0v) is 14.4. The van der Waals surface area contributed by atoms with Gasteiger partial charge in [0, 0.05) is 32.2 Å². The van der Waals surface area contributed by atoms with E-state index in [2.05, 4.69) is 30.6 Å². The van der Waals surface area contributed by atoms with Gasteiger partial charge >= 0.3 is 0 Å². The highest BCUT2D eigenvalue weighted by Crippen LogP contribution is 2.31. The summed E-state index contributed by atoms with van der Waals surface area (Å²) in [4.78, 5) is 4.82. The zero-order valence-electron chi connectivity index (χ0n) is 13.7. The topological polar surface area (TPSA) is 46.9 Å². The minimum absolute atomic E-state index is 0.0512. The van der Waals surface area contributed by atoms with E-state index in [1.807, 2.05) is 6.07 Å². The number of aromatic hydroxyl groups is 1. The number of nitrogens with zero attached hydrogens (tertiary/aromatic N) is 2. The Morgan fingerprint density at radius 3 is 2.59 bits per heavy atom. The Kier molecular flexibility index (Phi) is 6.09. The SMILES string of the molecule is CC(C)CN1CCN(C(CO)c2ccc(O)c(Cl)c2)C(C)C1. The third-order valence-electron chi connectivity index (χ3n) is 4.32. The van der Waals surface area contributed by atoms with Crippen molar-refractivity contribution in [3.05, 3.63) is 28.8 Å². The predicted octanol–water partition coefficient (Wildman–Crippen LogP) is 2.74. The Morgan fingerprint density at radius 2 is 2.05 bits per heavy atom. The number of halogens is 1. The van der Waals surface area contributed by atoms with Crippen molar-refractivity contribution >= 4 is 11.6 Å². The van der Waals surface area contributed by atoms with Crippen molar-refractivity contribution in [3.8, 4) is 5.75 Å². The van der Waals surface area contributed by atoms with Crippen LogP contribution in [0.25, 0.3) is 0 Å². The molecule has 0 aromatic heterocycles. The van der Waals surface area contributed by atoms with Gasteiger partial charge in [-0.2, -0.15) is 0 Å². The number of benzene rings is 1. The normalized spacial score (nSPS) is 22.2. The number of hydrogen-bond donors (Lipinski definition) is 2. The van der Waals surface area contributed by atoms with E-state index >= 15 is 0 Å². The van der Waals surface area contributed by atoms with Crippen LogP contribution in [-0.4, -0.2) is 58.8 Å². The summed E-state index contributed by atoms with van der Waals surface area (Å²) in [7, 11) is 0. The molecule has 1 heterocycles. The highest BCUT2D eigenvalue weighted by Gasteiger charge is 2.30. The van der Waals surface area contributed by atoms with Gasteiger partial charge in [-0.15, -0.1) is 0 Å². The molecule has 0 spiro atoms. The minimum atomic E-state index is -0.0747. The van der Waals surface area contributed by atoms with Crippen LogP contribution in [0.15, 0.2) is 18.2 Å². The Balaban J connectivity index is 2.09. The van der Waals surface area contributed by atoms with E-state index in [0.29, 0.717) is 17.0 Å². The second-order valence-corrected chi connectivity index (χ2v) is 7.06. The van der Waals surface area contributed by atoms with Gasteiger partial charge in [-0.05, 0) is 30.5 Å². The molecule has 0 radical (unpaired) electrons. The summed E-state index contributed by atoms with van der Waals surface area (Å²) in [5, 5.41) is 19.8. The fourth-order valence-electron chi connectivity index (χ4n) is 3.32. The van der Waals surface area contributed by atoms with Gasteiger partial charge in [-0.25, -0.2) is 0 Å². The van der Waals surface area contributed by atoms with E-state index in [1.165, 1.54) is 0 Å². The average Bonchev–Trinajstić information content (AvgIpc) is 2.45. The molecule has 2 atom stereocenters. The molecule has 4 nitrogen and oxygen atoms in total. The first-order valence-electron chi connectivity index (χ1n) is 7.99. The Morgan fingerprint density at radius 1 is 1.32 bits per heavy atom. The van der Waals surface area contributed by atoms with Crippen molar-refractivity contribution in [1.82, 2.24) is 9.80 Å². The van der Waals surface area contributed by atoms with Gasteiger partial charge in [0.25, 0.3) is 0 Å². The third-order valence-corrected chi connectivity index (χ3v) is 4.62. The summed E-state index contributed by atoms with van der Waals surface area (Å²) in [5.41, 5.74) is 0.953. The fourth-order valence-corrected chi connectivity index (χ4v) is 3.51. The summed E-state index contributed by atoms with van der Waals surface area (Å²) < 4.78 is 0. The molecule has 0 amide bonds. The van der Waals surface area contributed by atoms with Gasteiger partial charge in [0.15, 0.2) is 0 Å². The van der Waals surface area contributed by atoms with Crippen molar-refractivity contribution in [1.29, 1.82) is 0 Å². The minimum Gasteiger partial charge on any atom is -0.506 e. The molecule has 0 saturated carbocycles. The molecule has 0 bridgehead atoms. The second-order valence-electron chi connectivity index (χ2n) is 6.65. The van der Waals surface area contributed by atoms with Crippen LogP contribution in [0.3, 0.4) is 0 Å². The van der Waals surface area contributed by atoms with Crippen LogP contribution in [-0.2, 0) is 0 Å². The first-order valence-corrected chi connectivity index (χ1v) is 8.37. The van der Waals surface area contributed by atoms with E-state index in [9.17, 15) is 10.2 Å². The summed E-state index contributed by atoms with van der Waals surface area (Å²) in [6.45, 7) is 10.8. The molecular weight excluding hydrogens is 300 g/mol. The summed E-state index contributed by atoms with van der Waals surface area (Å²) in [6, 6.07) is 5.49. The molecule has 2 rings (SSSR count). The molecule has 5 heteroatoms. The predicted molar refractivity (Wildman–Crippen MR) is 90.4 cm³/mol. The van der Waals surface area contributed by atoms with Crippen molar-refractivity contribution in [2.24, 2.45) is 5.92 Å². The molecule has 2 N–H and O–H groups in total. The van der Waals surface area contributed by atoms with Crippen LogP contribution >= 0.6 is 11.6 Å². The van der Waals surface area contributed by atoms with Gasteiger partial charge in [0.05, 0.1) is 17.7 Å². The van der Waals surface area contributed by atoms with Crippen LogP contribution < -0.4 is 0 Å². The maximum atomic E-state index is 9.86. The van der Waals surface area contributed by atoms with Gasteiger partial charge < -0.3 is 15.1 Å². The van der Waals surface area contributed by atoms with Crippen molar-refractivity contribution < 1.29 is 10.2 Å². The third kappa shape index (κ3) is 4.13. The van der Waals surface area contributed by atoms with Gasteiger partial charge in [-0.1, -0.05) is 31.5 Å². The second kappa shape index (κ2) is 7.64. The van der Waals surface area contributed by atoms with Gasteiger partial charge in [-0.3, -0.25) is 4.90 Å². The number of rotatable bonds is 5. The number of phenols is 1. The molecule has 1 fully saturated rings. The van der Waals surface area contributed by atoms with E-state index in [4.69, 9.17) is 11.6 Å². The highest BCUT2D eigenvalue weighted by atomic mass is 35.5. The molecule has 1 aliphatic heterocycles. The maximum absolute atomic E-state index is 9.86. The van der Waals surface area contributed by atoms with Crippen LogP contribution in [0.5, 0.6) is 5.75 Å². The maximum Gasteiger partial charge on any atom is 0.134 e. The largest absolute Gasteiger partial charge is 0.506 e. The number of hydrogen-bond acceptors (Lipinski definition) is 4. The first-order chi connectivity index (χ1) is 10.4. The first kappa shape index (κ1) is 17.5. The summed E-state index contributed by atoms with van der Waals surface area (Å²) >= 11 is 6.01. The molecule has 1 aromatic rings. The van der Waals surface area contributed by atoms with Crippen molar-refractivity contribution in [3.63, 3.8) is 0 Å². The number of piperazine rings is 1. The Labute approximate surface area is 138 Å². The van der Waals surface area contributed by atoms with Crippen LogP contribution in [0.1, 0.15) is 32.4 Å². The lowest BCUT2D eigenvalue weighted by molar-refractivity contribution is 0.0215. The molecular formula is C17H27ClN2O2. The monoisotopic (exact) mass is 326 g/mol. The molecule has 22 heavy (non-hydrogen) atoms. The van der Waals surface area contributed by atoms with Gasteiger partial charge in [0.2, 0.25) is 0 Å². The van der Waals surface area contributed by atoms with Crippen LogP contribution in [0, 0.1) is 5.92 Å². The Hall–Kier alpha value is -0.810. The van der Waals surface area contributed by atoms with E-state index in [1.54, 1.807) is 12.1 Å². The molecule has 1 saturated heterocycles. The highest BCUT2D eigenvalue weighted by molar-refractivity contribution is 6.32. The summed E-state index contributed by atoms with van der Waals surface area (Å²) in [6.07, 6.45) is 0. The lowest BCUT2D eigenvalue weighted by atomic mass is 10.0. The molecule has 1 aromatic carbocycles. The number of aliphatic hydroxyl groups excluding tert-OH is 1. The standard InChI is InChI=1S/C17H27ClN2O2/c1-12(2)9-19-6-7-20(13(3)10-19)16(11-21)14-4-5-17(22)15(18)8-14/h4-5,8,12-13,16,21-22H,6-7,9-11H2,1-3H3. The van der Waals surface area contributed by atoms with E-state index < -0.39 is 0 Å². The molecule has 0 aliphatic carbocycles. The van der Waals surface area contributed by atoms with Crippen molar-refractivity contribution in [2.45, 2.75) is 32.9 Å². The van der Waals surface area contributed by atoms with Crippen LogP contribution in [0.4, 0.5) is 0 Å². The van der Waals surface area contributed by atoms with Crippen LogP contribution in [0.2, 0.25) is 5.02 Å². The molecule has 1 aliphatic rings. The molecule has 124 valence electrons. The molecule has 2 unspecified atom stereocenters. The number of phenolic OH excluding ortho intramolecular Hbond substituents is 1. The fraction of sp³-hybridized carbons (Fsp3) is 0.647. The lowest BCUT2D eigenvalue weighted by Crippen LogP contribution is -2.54. The van der Waals surface area contributed by atoms with E-state index in [-0.39, 0.29) is 18.4 Å². The van der Waals surface area contributed by atoms with Gasteiger partial charge in [0.1, 0.15) is 5.75 Å². The smallest absolute Gasteiger partial charge is 0.134 e. The lowest BCUT2D eigenvalue weighted by Gasteiger charge is -2.44. The van der Waals surface area contributed by atoms with Crippen molar-refractivity contribution in [2.75, 3.05) is 32.8 Å². The Bertz CT molecular complexity index is 496. The number of aliphatic hydroxyl groups is 1. The van der Waals surface area contributed by atoms with E-state index in [0.717, 1.165) is 31.7 Å². The average molecular weight is 327 g/mol. The zero-order chi connectivity index (χ0) is 16.3. The summed E-state index contributed by atoms with van der Waals surface area (Å²) in [5.74, 6) is 0.750. The quantitative estimate of drug-likeness (QED) is 0.873.